The van der Waals surface area contributed by atoms with Crippen molar-refractivity contribution in [3.63, 3.8) is 0 Å². The van der Waals surface area contributed by atoms with E-state index in [-0.39, 0.29) is 11.8 Å². The molecule has 0 radical (unpaired) electrons. The van der Waals surface area contributed by atoms with Crippen molar-refractivity contribution in [2.75, 3.05) is 32.1 Å². The van der Waals surface area contributed by atoms with Crippen molar-refractivity contribution in [3.05, 3.63) is 0 Å². The molecule has 0 spiro atoms. The molecule has 2 N–H and O–H groups in total. The lowest BCUT2D eigenvalue weighted by molar-refractivity contribution is 0.0832. The highest BCUT2D eigenvalue weighted by molar-refractivity contribution is 7.89. The van der Waals surface area contributed by atoms with Gasteiger partial charge in [-0.2, -0.15) is 0 Å². The van der Waals surface area contributed by atoms with Crippen LogP contribution in [0, 0.1) is 5.92 Å². The third kappa shape index (κ3) is 3.69. The molecule has 0 aromatic heterocycles. The van der Waals surface area contributed by atoms with Gasteiger partial charge in [-0.25, -0.2) is 13.1 Å². The van der Waals surface area contributed by atoms with Crippen LogP contribution in [-0.4, -0.2) is 46.5 Å². The largest absolute Gasteiger partial charge is 0.381 e. The van der Waals surface area contributed by atoms with Gasteiger partial charge in [0.25, 0.3) is 0 Å². The van der Waals surface area contributed by atoms with E-state index >= 15 is 0 Å². The fraction of sp³-hybridized carbons (Fsp3) is 1.00. The predicted octanol–water partition coefficient (Wildman–Crippen LogP) is -0.306. The molecule has 2 aliphatic heterocycles. The van der Waals surface area contributed by atoms with Crippen LogP contribution in [0.15, 0.2) is 0 Å². The molecule has 0 bridgehead atoms. The van der Waals surface area contributed by atoms with Crippen molar-refractivity contribution in [2.45, 2.75) is 25.3 Å². The maximum Gasteiger partial charge on any atom is 0.211 e. The van der Waals surface area contributed by atoms with Crippen molar-refractivity contribution in [2.24, 2.45) is 5.92 Å². The average molecular weight is 248 g/mol. The molecule has 0 aromatic carbocycles. The van der Waals surface area contributed by atoms with E-state index in [1.807, 2.05) is 0 Å². The number of rotatable bonds is 5. The van der Waals surface area contributed by atoms with E-state index in [1.165, 1.54) is 0 Å². The molecule has 0 amide bonds. The van der Waals surface area contributed by atoms with Gasteiger partial charge in [-0.3, -0.25) is 0 Å². The van der Waals surface area contributed by atoms with Gasteiger partial charge in [0.15, 0.2) is 0 Å². The van der Waals surface area contributed by atoms with Gasteiger partial charge in [-0.05, 0) is 38.3 Å². The van der Waals surface area contributed by atoms with E-state index in [2.05, 4.69) is 10.0 Å². The molecule has 94 valence electrons. The topological polar surface area (TPSA) is 67.4 Å². The number of hydrogen-bond donors (Lipinski definition) is 2. The number of hydrogen-bond acceptors (Lipinski definition) is 4. The highest BCUT2D eigenvalue weighted by atomic mass is 32.2. The van der Waals surface area contributed by atoms with Crippen molar-refractivity contribution in [1.82, 2.24) is 10.0 Å². The van der Waals surface area contributed by atoms with Gasteiger partial charge in [0.05, 0.1) is 5.75 Å². The monoisotopic (exact) mass is 248 g/mol. The molecule has 2 aliphatic rings. The van der Waals surface area contributed by atoms with Crippen LogP contribution in [0.3, 0.4) is 0 Å². The minimum Gasteiger partial charge on any atom is -0.381 e. The van der Waals surface area contributed by atoms with Crippen LogP contribution in [0.25, 0.3) is 0 Å². The molecule has 2 fully saturated rings. The second-order valence-corrected chi connectivity index (χ2v) is 6.51. The summed E-state index contributed by atoms with van der Waals surface area (Å²) in [5.41, 5.74) is 0. The summed E-state index contributed by atoms with van der Waals surface area (Å²) < 4.78 is 31.5. The Hall–Kier alpha value is -0.170. The maximum atomic E-state index is 11.8. The van der Waals surface area contributed by atoms with Gasteiger partial charge >= 0.3 is 0 Å². The summed E-state index contributed by atoms with van der Waals surface area (Å²) in [4.78, 5) is 0. The first-order valence-electron chi connectivity index (χ1n) is 5.94. The summed E-state index contributed by atoms with van der Waals surface area (Å²) in [6.07, 6.45) is 2.36. The van der Waals surface area contributed by atoms with Gasteiger partial charge in [0.1, 0.15) is 0 Å². The first-order chi connectivity index (χ1) is 7.66. The summed E-state index contributed by atoms with van der Waals surface area (Å²) in [6, 6.07) is 0.0817. The normalized spacial score (nSPS) is 24.2. The minimum atomic E-state index is -3.09. The fourth-order valence-electron chi connectivity index (χ4n) is 2.00. The Labute approximate surface area is 97.0 Å². The second kappa shape index (κ2) is 5.44. The van der Waals surface area contributed by atoms with Crippen LogP contribution in [0.2, 0.25) is 0 Å². The predicted molar refractivity (Wildman–Crippen MR) is 61.7 cm³/mol. The number of sulfonamides is 1. The SMILES string of the molecule is O=S(=O)(CCC1CNC1)NC1CCOCC1. The van der Waals surface area contributed by atoms with E-state index in [1.54, 1.807) is 0 Å². The zero-order valence-electron chi connectivity index (χ0n) is 9.44. The molecule has 0 saturated carbocycles. The Morgan fingerprint density at radius 3 is 2.50 bits per heavy atom. The third-order valence-corrected chi connectivity index (χ3v) is 4.69. The van der Waals surface area contributed by atoms with Gasteiger partial charge in [-0.15, -0.1) is 0 Å². The molecule has 0 unspecified atom stereocenters. The van der Waals surface area contributed by atoms with Crippen LogP contribution in [-0.2, 0) is 14.8 Å². The Morgan fingerprint density at radius 2 is 1.94 bits per heavy atom. The Bertz CT molecular complexity index is 308. The van der Waals surface area contributed by atoms with Crippen LogP contribution >= 0.6 is 0 Å². The zero-order valence-corrected chi connectivity index (χ0v) is 10.3. The quantitative estimate of drug-likeness (QED) is 0.700. The molecule has 0 aromatic rings. The van der Waals surface area contributed by atoms with E-state index in [9.17, 15) is 8.42 Å². The molecule has 0 atom stereocenters. The highest BCUT2D eigenvalue weighted by Gasteiger charge is 2.23. The van der Waals surface area contributed by atoms with E-state index in [0.717, 1.165) is 32.4 Å². The molecule has 0 aliphatic carbocycles. The Balaban J connectivity index is 1.72. The van der Waals surface area contributed by atoms with Crippen molar-refractivity contribution < 1.29 is 13.2 Å². The summed E-state index contributed by atoms with van der Waals surface area (Å²) >= 11 is 0. The summed E-state index contributed by atoms with van der Waals surface area (Å²) in [5.74, 6) is 0.808. The standard InChI is InChI=1S/C10H20N2O3S/c13-16(14,6-3-9-7-11-8-9)12-10-1-4-15-5-2-10/h9-12H,1-8H2. The molecular formula is C10H20N2O3S. The Morgan fingerprint density at radius 1 is 1.25 bits per heavy atom. The van der Waals surface area contributed by atoms with Gasteiger partial charge in [0, 0.05) is 19.3 Å². The maximum absolute atomic E-state index is 11.8. The average Bonchev–Trinajstić information content (AvgIpc) is 2.15. The fourth-order valence-corrected chi connectivity index (χ4v) is 3.51. The van der Waals surface area contributed by atoms with E-state index in [0.29, 0.717) is 19.1 Å². The lowest BCUT2D eigenvalue weighted by Crippen LogP contribution is -2.44. The third-order valence-electron chi connectivity index (χ3n) is 3.23. The number of nitrogens with one attached hydrogen (secondary N) is 2. The Kier molecular flexibility index (Phi) is 4.18. The molecule has 5 nitrogen and oxygen atoms in total. The lowest BCUT2D eigenvalue weighted by Gasteiger charge is -2.27. The van der Waals surface area contributed by atoms with Crippen LogP contribution in [0.1, 0.15) is 19.3 Å². The molecule has 2 rings (SSSR count). The lowest BCUT2D eigenvalue weighted by atomic mass is 10.0. The zero-order chi connectivity index (χ0) is 11.4. The molecule has 6 heteroatoms. The van der Waals surface area contributed by atoms with Gasteiger partial charge in [-0.1, -0.05) is 0 Å². The minimum absolute atomic E-state index is 0.0817. The highest BCUT2D eigenvalue weighted by Crippen LogP contribution is 2.11. The summed E-state index contributed by atoms with van der Waals surface area (Å²) in [7, 11) is -3.09. The second-order valence-electron chi connectivity index (χ2n) is 4.64. The van der Waals surface area contributed by atoms with Crippen LogP contribution < -0.4 is 10.0 Å². The van der Waals surface area contributed by atoms with Crippen molar-refractivity contribution >= 4 is 10.0 Å². The summed E-state index contributed by atoms with van der Waals surface area (Å²) in [6.45, 7) is 3.26. The first-order valence-corrected chi connectivity index (χ1v) is 7.59. The first kappa shape index (κ1) is 12.3. The molecule has 16 heavy (non-hydrogen) atoms. The van der Waals surface area contributed by atoms with Crippen LogP contribution in [0.5, 0.6) is 0 Å². The van der Waals surface area contributed by atoms with E-state index in [4.69, 9.17) is 4.74 Å². The van der Waals surface area contributed by atoms with E-state index < -0.39 is 10.0 Å². The van der Waals surface area contributed by atoms with Crippen LogP contribution in [0.4, 0.5) is 0 Å². The van der Waals surface area contributed by atoms with Gasteiger partial charge in [0.2, 0.25) is 10.0 Å². The smallest absolute Gasteiger partial charge is 0.211 e. The van der Waals surface area contributed by atoms with Gasteiger partial charge < -0.3 is 10.1 Å². The van der Waals surface area contributed by atoms with Crippen molar-refractivity contribution in [3.8, 4) is 0 Å². The number of ether oxygens (including phenoxy) is 1. The van der Waals surface area contributed by atoms with Crippen molar-refractivity contribution in [1.29, 1.82) is 0 Å². The molecular weight excluding hydrogens is 228 g/mol. The molecule has 2 heterocycles. The molecule has 2 saturated heterocycles. The summed E-state index contributed by atoms with van der Waals surface area (Å²) in [5, 5.41) is 3.15.